The molecule has 1 amide bonds. The van der Waals surface area contributed by atoms with Crippen LogP contribution in [0.1, 0.15) is 11.1 Å². The van der Waals surface area contributed by atoms with E-state index in [-0.39, 0.29) is 5.91 Å². The van der Waals surface area contributed by atoms with Crippen LogP contribution in [0.2, 0.25) is 0 Å². The van der Waals surface area contributed by atoms with Gasteiger partial charge in [0.1, 0.15) is 0 Å². The lowest BCUT2D eigenvalue weighted by atomic mass is 10.1. The van der Waals surface area contributed by atoms with Crippen molar-refractivity contribution in [1.82, 2.24) is 19.7 Å². The highest BCUT2D eigenvalue weighted by atomic mass is 16.1. The summed E-state index contributed by atoms with van der Waals surface area (Å²) in [6, 6.07) is 21.9. The van der Waals surface area contributed by atoms with Gasteiger partial charge in [-0.2, -0.15) is 5.10 Å². The largest absolute Gasteiger partial charge is 0.352 e. The fraction of sp³-hybridized carbons (Fsp3) is 0.0909. The van der Waals surface area contributed by atoms with E-state index in [1.54, 1.807) is 10.9 Å². The van der Waals surface area contributed by atoms with Crippen LogP contribution in [-0.2, 0) is 17.8 Å². The second-order valence-electron chi connectivity index (χ2n) is 6.33. The number of benzene rings is 2. The highest BCUT2D eigenvalue weighted by Gasteiger charge is 2.05. The predicted octanol–water partition coefficient (Wildman–Crippen LogP) is 3.52. The SMILES string of the molecule is O=C(Cc1ccc(-n2cccc2)cc1)NCc1ccc(-n2cccn2)cc1. The van der Waals surface area contributed by atoms with Crippen molar-refractivity contribution in [2.45, 2.75) is 13.0 Å². The molecule has 0 aliphatic heterocycles. The molecule has 0 atom stereocenters. The highest BCUT2D eigenvalue weighted by molar-refractivity contribution is 5.78. The summed E-state index contributed by atoms with van der Waals surface area (Å²) in [6.07, 6.45) is 8.02. The van der Waals surface area contributed by atoms with E-state index in [0.717, 1.165) is 22.5 Å². The number of hydrogen-bond acceptors (Lipinski definition) is 2. The summed E-state index contributed by atoms with van der Waals surface area (Å²) in [5, 5.41) is 7.18. The van der Waals surface area contributed by atoms with Crippen LogP contribution in [0.3, 0.4) is 0 Å². The molecular weight excluding hydrogens is 336 g/mol. The summed E-state index contributed by atoms with van der Waals surface area (Å²) >= 11 is 0. The zero-order valence-corrected chi connectivity index (χ0v) is 14.8. The number of nitrogens with zero attached hydrogens (tertiary/aromatic N) is 3. The van der Waals surface area contributed by atoms with Crippen molar-refractivity contribution >= 4 is 5.91 Å². The van der Waals surface area contributed by atoms with E-state index in [9.17, 15) is 4.79 Å². The topological polar surface area (TPSA) is 51.9 Å². The minimum atomic E-state index is 0.0138. The maximum absolute atomic E-state index is 12.2. The summed E-state index contributed by atoms with van der Waals surface area (Å²) in [5.41, 5.74) is 4.14. The lowest BCUT2D eigenvalue weighted by Crippen LogP contribution is -2.24. The molecule has 0 unspecified atom stereocenters. The molecule has 5 heteroatoms. The molecule has 1 N–H and O–H groups in total. The molecule has 0 aliphatic carbocycles. The first-order valence-electron chi connectivity index (χ1n) is 8.86. The van der Waals surface area contributed by atoms with E-state index in [1.165, 1.54) is 0 Å². The van der Waals surface area contributed by atoms with Crippen LogP contribution in [-0.4, -0.2) is 20.3 Å². The van der Waals surface area contributed by atoms with Crippen molar-refractivity contribution in [3.8, 4) is 11.4 Å². The van der Waals surface area contributed by atoms with E-state index >= 15 is 0 Å². The molecule has 4 rings (SSSR count). The van der Waals surface area contributed by atoms with Crippen LogP contribution in [0, 0.1) is 0 Å². The van der Waals surface area contributed by atoms with Gasteiger partial charge in [0.15, 0.2) is 0 Å². The third-order valence-corrected chi connectivity index (χ3v) is 4.40. The summed E-state index contributed by atoms with van der Waals surface area (Å²) in [5.74, 6) is 0.0138. The number of hydrogen-bond donors (Lipinski definition) is 1. The van der Waals surface area contributed by atoms with Crippen LogP contribution in [0.15, 0.2) is 91.5 Å². The van der Waals surface area contributed by atoms with Crippen LogP contribution in [0.25, 0.3) is 11.4 Å². The van der Waals surface area contributed by atoms with Gasteiger partial charge in [-0.3, -0.25) is 4.79 Å². The Morgan fingerprint density at radius 1 is 0.815 bits per heavy atom. The molecular formula is C22H20N4O. The third kappa shape index (κ3) is 4.15. The monoisotopic (exact) mass is 356 g/mol. The summed E-state index contributed by atoms with van der Waals surface area (Å²) in [4.78, 5) is 12.2. The Morgan fingerprint density at radius 3 is 2.15 bits per heavy atom. The number of nitrogens with one attached hydrogen (secondary N) is 1. The van der Waals surface area contributed by atoms with Crippen LogP contribution >= 0.6 is 0 Å². The van der Waals surface area contributed by atoms with Gasteiger partial charge in [-0.25, -0.2) is 4.68 Å². The molecule has 0 radical (unpaired) electrons. The molecule has 0 aliphatic rings. The molecule has 5 nitrogen and oxygen atoms in total. The molecule has 0 saturated heterocycles. The molecule has 2 heterocycles. The van der Waals surface area contributed by atoms with E-state index in [4.69, 9.17) is 0 Å². The summed E-state index contributed by atoms with van der Waals surface area (Å²) in [6.45, 7) is 0.514. The molecule has 0 fully saturated rings. The summed E-state index contributed by atoms with van der Waals surface area (Å²) < 4.78 is 3.84. The van der Waals surface area contributed by atoms with Gasteiger partial charge in [0.2, 0.25) is 5.91 Å². The smallest absolute Gasteiger partial charge is 0.224 e. The van der Waals surface area contributed by atoms with Gasteiger partial charge >= 0.3 is 0 Å². The average Bonchev–Trinajstić information content (AvgIpc) is 3.41. The Labute approximate surface area is 157 Å². The fourth-order valence-electron chi connectivity index (χ4n) is 2.93. The van der Waals surface area contributed by atoms with Gasteiger partial charge in [-0.15, -0.1) is 0 Å². The first-order valence-corrected chi connectivity index (χ1v) is 8.86. The van der Waals surface area contributed by atoms with E-state index in [0.29, 0.717) is 13.0 Å². The number of aromatic nitrogens is 3. The molecule has 2 aromatic carbocycles. The molecule has 4 aromatic rings. The number of carbonyl (C=O) groups is 1. The van der Waals surface area contributed by atoms with Gasteiger partial charge in [0.05, 0.1) is 12.1 Å². The number of carbonyl (C=O) groups excluding carboxylic acids is 1. The van der Waals surface area contributed by atoms with E-state index in [1.807, 2.05) is 89.9 Å². The molecule has 134 valence electrons. The lowest BCUT2D eigenvalue weighted by molar-refractivity contribution is -0.120. The predicted molar refractivity (Wildman–Crippen MR) is 105 cm³/mol. The highest BCUT2D eigenvalue weighted by Crippen LogP contribution is 2.11. The average molecular weight is 356 g/mol. The van der Waals surface area contributed by atoms with Crippen LogP contribution < -0.4 is 5.32 Å². The molecule has 0 saturated carbocycles. The van der Waals surface area contributed by atoms with Gasteiger partial charge in [-0.1, -0.05) is 24.3 Å². The van der Waals surface area contributed by atoms with Crippen molar-refractivity contribution in [1.29, 1.82) is 0 Å². The van der Waals surface area contributed by atoms with Crippen molar-refractivity contribution in [3.05, 3.63) is 103 Å². The number of amides is 1. The van der Waals surface area contributed by atoms with Crippen LogP contribution in [0.5, 0.6) is 0 Å². The Hall–Kier alpha value is -3.60. The Bertz CT molecular complexity index is 986. The Balaban J connectivity index is 1.30. The van der Waals surface area contributed by atoms with Gasteiger partial charge < -0.3 is 9.88 Å². The minimum Gasteiger partial charge on any atom is -0.352 e. The maximum Gasteiger partial charge on any atom is 0.224 e. The van der Waals surface area contributed by atoms with Gasteiger partial charge in [0, 0.05) is 37.0 Å². The maximum atomic E-state index is 12.2. The first-order chi connectivity index (χ1) is 13.3. The normalized spacial score (nSPS) is 10.7. The summed E-state index contributed by atoms with van der Waals surface area (Å²) in [7, 11) is 0. The number of rotatable bonds is 6. The quantitative estimate of drug-likeness (QED) is 0.575. The fourth-order valence-corrected chi connectivity index (χ4v) is 2.93. The zero-order chi connectivity index (χ0) is 18.5. The van der Waals surface area contributed by atoms with Gasteiger partial charge in [-0.05, 0) is 53.6 Å². The zero-order valence-electron chi connectivity index (χ0n) is 14.8. The van der Waals surface area contributed by atoms with Crippen molar-refractivity contribution in [2.24, 2.45) is 0 Å². The van der Waals surface area contributed by atoms with E-state index in [2.05, 4.69) is 10.4 Å². The Morgan fingerprint density at radius 2 is 1.48 bits per heavy atom. The van der Waals surface area contributed by atoms with Crippen molar-refractivity contribution in [3.63, 3.8) is 0 Å². The second-order valence-corrected chi connectivity index (χ2v) is 6.33. The van der Waals surface area contributed by atoms with E-state index < -0.39 is 0 Å². The second kappa shape index (κ2) is 7.74. The molecule has 0 bridgehead atoms. The van der Waals surface area contributed by atoms with Crippen molar-refractivity contribution in [2.75, 3.05) is 0 Å². The standard InChI is InChI=1S/C22H20N4O/c27-22(16-18-4-8-20(9-5-18)25-13-1-2-14-25)23-17-19-6-10-21(11-7-19)26-15-3-12-24-26/h1-15H,16-17H2,(H,23,27). The first kappa shape index (κ1) is 16.8. The van der Waals surface area contributed by atoms with Crippen molar-refractivity contribution < 1.29 is 4.79 Å². The van der Waals surface area contributed by atoms with Crippen LogP contribution in [0.4, 0.5) is 0 Å². The molecule has 2 aromatic heterocycles. The molecule has 0 spiro atoms. The Kier molecular flexibility index (Phi) is 4.83. The third-order valence-electron chi connectivity index (χ3n) is 4.40. The lowest BCUT2D eigenvalue weighted by Gasteiger charge is -2.08. The minimum absolute atomic E-state index is 0.0138. The molecule has 27 heavy (non-hydrogen) atoms. The van der Waals surface area contributed by atoms with Gasteiger partial charge in [0.25, 0.3) is 0 Å².